The van der Waals surface area contributed by atoms with Gasteiger partial charge in [-0.3, -0.25) is 0 Å². The summed E-state index contributed by atoms with van der Waals surface area (Å²) in [6.07, 6.45) is 2.97. The Morgan fingerprint density at radius 2 is 2.28 bits per heavy atom. The van der Waals surface area contributed by atoms with Crippen molar-refractivity contribution in [2.75, 3.05) is 0 Å². The Bertz CT molecular complexity index is 510. The Hall–Kier alpha value is -0.900. The summed E-state index contributed by atoms with van der Waals surface area (Å²) < 4.78 is 0. The fourth-order valence-electron chi connectivity index (χ4n) is 1.74. The van der Waals surface area contributed by atoms with Gasteiger partial charge in [-0.05, 0) is 31.0 Å². The van der Waals surface area contributed by atoms with Crippen LogP contribution in [-0.4, -0.2) is 4.98 Å². The maximum Gasteiger partial charge on any atom is 0.0925 e. The van der Waals surface area contributed by atoms with E-state index in [0.717, 1.165) is 18.0 Å². The lowest BCUT2D eigenvalue weighted by Crippen LogP contribution is -2.17. The number of aromatic nitrogens is 1. The van der Waals surface area contributed by atoms with Gasteiger partial charge in [0.15, 0.2) is 0 Å². The van der Waals surface area contributed by atoms with Crippen LogP contribution < -0.4 is 5.32 Å². The molecule has 2 rings (SSSR count). The van der Waals surface area contributed by atoms with Gasteiger partial charge in [0.25, 0.3) is 0 Å². The van der Waals surface area contributed by atoms with Crippen molar-refractivity contribution >= 4 is 22.9 Å². The van der Waals surface area contributed by atoms with Crippen LogP contribution in [0.1, 0.15) is 35.3 Å². The first-order valence-corrected chi connectivity index (χ1v) is 7.31. The van der Waals surface area contributed by atoms with Gasteiger partial charge in [0.1, 0.15) is 0 Å². The van der Waals surface area contributed by atoms with Crippen molar-refractivity contribution in [3.05, 3.63) is 50.9 Å². The van der Waals surface area contributed by atoms with Gasteiger partial charge < -0.3 is 5.32 Å². The fourth-order valence-corrected chi connectivity index (χ4v) is 2.75. The lowest BCUT2D eigenvalue weighted by atomic mass is 10.1. The normalized spacial score (nSPS) is 12.6. The first-order chi connectivity index (χ1) is 8.69. The molecule has 1 N–H and O–H groups in total. The van der Waals surface area contributed by atoms with E-state index in [9.17, 15) is 0 Å². The molecule has 0 saturated carbocycles. The maximum atomic E-state index is 5.99. The molecular weight excluding hydrogens is 264 g/mol. The highest BCUT2D eigenvalue weighted by Gasteiger charge is 2.06. The second-order valence-corrected chi connectivity index (χ2v) is 5.87. The molecule has 2 nitrogen and oxygen atoms in total. The molecule has 18 heavy (non-hydrogen) atoms. The van der Waals surface area contributed by atoms with Gasteiger partial charge in [0.05, 0.1) is 5.01 Å². The molecule has 0 bridgehead atoms. The predicted octanol–water partition coefficient (Wildman–Crippen LogP) is 4.21. The van der Waals surface area contributed by atoms with Crippen molar-refractivity contribution in [2.45, 2.75) is 32.9 Å². The summed E-state index contributed by atoms with van der Waals surface area (Å²) in [6.45, 7) is 5.13. The Morgan fingerprint density at radius 3 is 2.94 bits per heavy atom. The highest BCUT2D eigenvalue weighted by atomic mass is 35.5. The summed E-state index contributed by atoms with van der Waals surface area (Å²) in [7, 11) is 0. The minimum Gasteiger partial charge on any atom is -0.305 e. The van der Waals surface area contributed by atoms with Crippen molar-refractivity contribution in [1.82, 2.24) is 10.3 Å². The van der Waals surface area contributed by atoms with E-state index >= 15 is 0 Å². The van der Waals surface area contributed by atoms with Crippen molar-refractivity contribution in [2.24, 2.45) is 0 Å². The molecule has 2 aromatic rings. The first-order valence-electron chi connectivity index (χ1n) is 6.11. The highest BCUT2D eigenvalue weighted by Crippen LogP contribution is 2.19. The molecule has 0 amide bonds. The molecule has 0 saturated heterocycles. The van der Waals surface area contributed by atoms with Gasteiger partial charge in [0, 0.05) is 28.7 Å². The van der Waals surface area contributed by atoms with Crippen molar-refractivity contribution in [1.29, 1.82) is 0 Å². The summed E-state index contributed by atoms with van der Waals surface area (Å²) in [5.41, 5.74) is 1.21. The number of aryl methyl sites for hydroxylation is 1. The van der Waals surface area contributed by atoms with Gasteiger partial charge in [-0.15, -0.1) is 11.3 Å². The molecule has 1 heterocycles. The van der Waals surface area contributed by atoms with Crippen LogP contribution in [0.4, 0.5) is 0 Å². The molecule has 1 atom stereocenters. The lowest BCUT2D eigenvalue weighted by Gasteiger charge is -2.13. The third-order valence-corrected chi connectivity index (χ3v) is 4.21. The van der Waals surface area contributed by atoms with Crippen LogP contribution in [-0.2, 0) is 13.0 Å². The summed E-state index contributed by atoms with van der Waals surface area (Å²) in [5, 5.41) is 5.47. The van der Waals surface area contributed by atoms with Gasteiger partial charge in [0.2, 0.25) is 0 Å². The maximum absolute atomic E-state index is 5.99. The standard InChI is InChI=1S/C14H17ClN2S/c1-3-14-17-9-13(18-14)8-16-10(2)11-5-4-6-12(15)7-11/h4-7,9-10,16H,3,8H2,1-2H3/t10-/m1/s1. The summed E-state index contributed by atoms with van der Waals surface area (Å²) >= 11 is 7.77. The van der Waals surface area contributed by atoms with E-state index < -0.39 is 0 Å². The van der Waals surface area contributed by atoms with Crippen LogP contribution >= 0.6 is 22.9 Å². The summed E-state index contributed by atoms with van der Waals surface area (Å²) in [5.74, 6) is 0. The largest absolute Gasteiger partial charge is 0.305 e. The zero-order chi connectivity index (χ0) is 13.0. The molecule has 96 valence electrons. The Labute approximate surface area is 117 Å². The lowest BCUT2D eigenvalue weighted by molar-refractivity contribution is 0.578. The van der Waals surface area contributed by atoms with E-state index in [1.807, 2.05) is 24.4 Å². The van der Waals surface area contributed by atoms with Crippen LogP contribution in [0.2, 0.25) is 5.02 Å². The van der Waals surface area contributed by atoms with Crippen LogP contribution in [0, 0.1) is 0 Å². The first kappa shape index (κ1) is 13.5. The number of nitrogens with zero attached hydrogens (tertiary/aromatic N) is 1. The summed E-state index contributed by atoms with van der Waals surface area (Å²) in [4.78, 5) is 5.64. The minimum absolute atomic E-state index is 0.288. The number of halogens is 1. The zero-order valence-corrected chi connectivity index (χ0v) is 12.2. The van der Waals surface area contributed by atoms with E-state index in [-0.39, 0.29) is 6.04 Å². The van der Waals surface area contributed by atoms with Crippen molar-refractivity contribution in [3.63, 3.8) is 0 Å². The molecule has 0 fully saturated rings. The zero-order valence-electron chi connectivity index (χ0n) is 10.6. The van der Waals surface area contributed by atoms with Gasteiger partial charge in [-0.2, -0.15) is 0 Å². The third-order valence-electron chi connectivity index (χ3n) is 2.84. The van der Waals surface area contributed by atoms with E-state index in [0.29, 0.717) is 0 Å². The SMILES string of the molecule is CCc1ncc(CN[C@H](C)c2cccc(Cl)c2)s1. The topological polar surface area (TPSA) is 24.9 Å². The summed E-state index contributed by atoms with van der Waals surface area (Å²) in [6, 6.07) is 8.26. The molecule has 1 aromatic carbocycles. The molecular formula is C14H17ClN2S. The van der Waals surface area contributed by atoms with Crippen molar-refractivity contribution in [3.8, 4) is 0 Å². The predicted molar refractivity (Wildman–Crippen MR) is 78.2 cm³/mol. The quantitative estimate of drug-likeness (QED) is 0.887. The van der Waals surface area contributed by atoms with E-state index in [1.54, 1.807) is 11.3 Å². The molecule has 0 aliphatic rings. The second kappa shape index (κ2) is 6.32. The van der Waals surface area contributed by atoms with Crippen LogP contribution in [0.25, 0.3) is 0 Å². The minimum atomic E-state index is 0.288. The van der Waals surface area contributed by atoms with Crippen LogP contribution in [0.3, 0.4) is 0 Å². The van der Waals surface area contributed by atoms with Crippen LogP contribution in [0.5, 0.6) is 0 Å². The number of hydrogen-bond acceptors (Lipinski definition) is 3. The smallest absolute Gasteiger partial charge is 0.0925 e. The molecule has 1 aromatic heterocycles. The number of rotatable bonds is 5. The average molecular weight is 281 g/mol. The Morgan fingerprint density at radius 1 is 1.44 bits per heavy atom. The number of thiazole rings is 1. The molecule has 0 unspecified atom stereocenters. The molecule has 4 heteroatoms. The second-order valence-electron chi connectivity index (χ2n) is 4.23. The van der Waals surface area contributed by atoms with E-state index in [2.05, 4.69) is 30.2 Å². The van der Waals surface area contributed by atoms with Gasteiger partial charge in [-0.1, -0.05) is 30.7 Å². The Balaban J connectivity index is 1.93. The number of benzene rings is 1. The monoisotopic (exact) mass is 280 g/mol. The van der Waals surface area contributed by atoms with Gasteiger partial charge >= 0.3 is 0 Å². The highest BCUT2D eigenvalue weighted by molar-refractivity contribution is 7.11. The molecule has 0 aliphatic carbocycles. The van der Waals surface area contributed by atoms with E-state index in [4.69, 9.17) is 11.6 Å². The number of hydrogen-bond donors (Lipinski definition) is 1. The van der Waals surface area contributed by atoms with Crippen molar-refractivity contribution < 1.29 is 0 Å². The molecule has 0 radical (unpaired) electrons. The Kier molecular flexibility index (Phi) is 4.75. The third kappa shape index (κ3) is 3.55. The molecule has 0 aliphatic heterocycles. The average Bonchev–Trinajstić information content (AvgIpc) is 2.84. The number of nitrogens with one attached hydrogen (secondary N) is 1. The van der Waals surface area contributed by atoms with Crippen LogP contribution in [0.15, 0.2) is 30.5 Å². The van der Waals surface area contributed by atoms with Gasteiger partial charge in [-0.25, -0.2) is 4.98 Å². The fraction of sp³-hybridized carbons (Fsp3) is 0.357. The molecule has 0 spiro atoms. The van der Waals surface area contributed by atoms with E-state index in [1.165, 1.54) is 15.4 Å².